The Hall–Kier alpha value is -1.72. The Morgan fingerprint density at radius 1 is 1.53 bits per heavy atom. The van der Waals surface area contributed by atoms with E-state index in [0.717, 1.165) is 11.9 Å². The first-order valence-corrected chi connectivity index (χ1v) is 6.27. The molecule has 3 N–H and O–H groups in total. The van der Waals surface area contributed by atoms with Gasteiger partial charge in [0.15, 0.2) is 0 Å². The zero-order chi connectivity index (χ0) is 14.4. The molecule has 0 aromatic carbocycles. The highest BCUT2D eigenvalue weighted by atomic mass is 19.3. The maximum atomic E-state index is 12.3. The molecule has 1 aromatic heterocycles. The molecule has 0 fully saturated rings. The molecule has 0 amide bonds. The number of halogens is 2. The van der Waals surface area contributed by atoms with E-state index in [1.54, 1.807) is 19.2 Å². The van der Waals surface area contributed by atoms with Gasteiger partial charge in [-0.3, -0.25) is 0 Å². The molecule has 1 unspecified atom stereocenters. The molecule has 1 aromatic rings. The van der Waals surface area contributed by atoms with Gasteiger partial charge in [0, 0.05) is 31.3 Å². The maximum absolute atomic E-state index is 12.3. The summed E-state index contributed by atoms with van der Waals surface area (Å²) in [5, 5.41) is 7.25. The summed E-state index contributed by atoms with van der Waals surface area (Å²) in [6, 6.07) is 1.76. The highest BCUT2D eigenvalue weighted by Gasteiger charge is 2.15. The average molecular weight is 270 g/mol. The van der Waals surface area contributed by atoms with E-state index in [-0.39, 0.29) is 12.3 Å². The Morgan fingerprint density at radius 2 is 2.21 bits per heavy atom. The van der Waals surface area contributed by atoms with Gasteiger partial charge >= 0.3 is 0 Å². The minimum Gasteiger partial charge on any atom is -0.383 e. The van der Waals surface area contributed by atoms with Gasteiger partial charge in [-0.2, -0.15) is 0 Å². The number of nitrogens with one attached hydrogen (secondary N) is 1. The molecule has 0 aliphatic rings. The zero-order valence-electron chi connectivity index (χ0n) is 11.2. The van der Waals surface area contributed by atoms with Gasteiger partial charge in [0.1, 0.15) is 5.82 Å². The van der Waals surface area contributed by atoms with Crippen LogP contribution in [0.15, 0.2) is 12.3 Å². The Bertz CT molecular complexity index is 423. The van der Waals surface area contributed by atoms with Gasteiger partial charge in [-0.1, -0.05) is 6.92 Å². The van der Waals surface area contributed by atoms with Crippen molar-refractivity contribution in [3.8, 4) is 0 Å². The van der Waals surface area contributed by atoms with E-state index in [2.05, 4.69) is 4.98 Å². The summed E-state index contributed by atoms with van der Waals surface area (Å²) >= 11 is 0. The fourth-order valence-electron chi connectivity index (χ4n) is 1.94. The first-order chi connectivity index (χ1) is 8.97. The summed E-state index contributed by atoms with van der Waals surface area (Å²) in [6.45, 7) is 4.98. The lowest BCUT2D eigenvalue weighted by atomic mass is 10.1. The number of nitrogens with zero attached hydrogens (tertiary/aromatic N) is 2. The lowest BCUT2D eigenvalue weighted by molar-refractivity contribution is 0.119. The number of hydrogen-bond donors (Lipinski definition) is 2. The largest absolute Gasteiger partial charge is 0.383 e. The SMILES string of the molecule is CCN(CC(C)CC(F)F)c1cnc(N)c(C=N)c1. The van der Waals surface area contributed by atoms with E-state index in [4.69, 9.17) is 11.1 Å². The molecule has 106 valence electrons. The third-order valence-electron chi connectivity index (χ3n) is 2.95. The second-order valence-corrected chi connectivity index (χ2v) is 4.58. The highest BCUT2D eigenvalue weighted by Crippen LogP contribution is 2.20. The summed E-state index contributed by atoms with van der Waals surface area (Å²) in [5.74, 6) is 0.191. The van der Waals surface area contributed by atoms with Crippen LogP contribution in [0.25, 0.3) is 0 Å². The zero-order valence-corrected chi connectivity index (χ0v) is 11.2. The molecule has 1 atom stereocenters. The molecule has 0 aliphatic heterocycles. The summed E-state index contributed by atoms with van der Waals surface area (Å²) in [4.78, 5) is 5.99. The van der Waals surface area contributed by atoms with E-state index in [9.17, 15) is 8.78 Å². The average Bonchev–Trinajstić information content (AvgIpc) is 2.36. The molecule has 0 saturated carbocycles. The maximum Gasteiger partial charge on any atom is 0.239 e. The van der Waals surface area contributed by atoms with Gasteiger partial charge < -0.3 is 16.0 Å². The summed E-state index contributed by atoms with van der Waals surface area (Å²) in [5.41, 5.74) is 6.97. The Morgan fingerprint density at radius 3 is 2.74 bits per heavy atom. The van der Waals surface area contributed by atoms with E-state index in [1.165, 1.54) is 0 Å². The number of anilines is 2. The van der Waals surface area contributed by atoms with Crippen LogP contribution in [0.5, 0.6) is 0 Å². The van der Waals surface area contributed by atoms with Gasteiger partial charge in [0.05, 0.1) is 11.9 Å². The van der Waals surface area contributed by atoms with Crippen LogP contribution >= 0.6 is 0 Å². The van der Waals surface area contributed by atoms with Crippen molar-refractivity contribution >= 4 is 17.7 Å². The molecule has 19 heavy (non-hydrogen) atoms. The van der Waals surface area contributed by atoms with E-state index in [0.29, 0.717) is 24.5 Å². The number of rotatable bonds is 7. The molecule has 6 heteroatoms. The van der Waals surface area contributed by atoms with Crippen LogP contribution in [0.4, 0.5) is 20.3 Å². The quantitative estimate of drug-likeness (QED) is 0.749. The standard InChI is InChI=1S/C13H20F2N4/c1-3-19(8-9(2)4-12(14)15)11-5-10(6-16)13(17)18-7-11/h5-7,9,12,16H,3-4,8H2,1-2H3,(H2,17,18). The van der Waals surface area contributed by atoms with Gasteiger partial charge in [-0.25, -0.2) is 13.8 Å². The van der Waals surface area contributed by atoms with Crippen LogP contribution in [0.2, 0.25) is 0 Å². The van der Waals surface area contributed by atoms with Crippen LogP contribution < -0.4 is 10.6 Å². The van der Waals surface area contributed by atoms with Gasteiger partial charge in [0.2, 0.25) is 6.43 Å². The number of nitrogens with two attached hydrogens (primary N) is 1. The molecule has 0 spiro atoms. The van der Waals surface area contributed by atoms with E-state index < -0.39 is 6.43 Å². The van der Waals surface area contributed by atoms with Gasteiger partial charge in [-0.15, -0.1) is 0 Å². The monoisotopic (exact) mass is 270 g/mol. The van der Waals surface area contributed by atoms with Crippen molar-refractivity contribution in [1.82, 2.24) is 4.98 Å². The number of alkyl halides is 2. The van der Waals surface area contributed by atoms with E-state index in [1.807, 2.05) is 11.8 Å². The first kappa shape index (κ1) is 15.3. The second-order valence-electron chi connectivity index (χ2n) is 4.58. The Kier molecular flexibility index (Phi) is 5.66. The summed E-state index contributed by atoms with van der Waals surface area (Å²) < 4.78 is 24.7. The van der Waals surface area contributed by atoms with Gasteiger partial charge in [0.25, 0.3) is 0 Å². The van der Waals surface area contributed by atoms with Crippen molar-refractivity contribution in [2.75, 3.05) is 23.7 Å². The molecule has 0 bridgehead atoms. The molecular weight excluding hydrogens is 250 g/mol. The third kappa shape index (κ3) is 4.46. The summed E-state index contributed by atoms with van der Waals surface area (Å²) in [7, 11) is 0. The number of hydrogen-bond acceptors (Lipinski definition) is 4. The Balaban J connectivity index is 2.82. The van der Waals surface area contributed by atoms with Crippen LogP contribution in [0.1, 0.15) is 25.8 Å². The van der Waals surface area contributed by atoms with Crippen LogP contribution in [-0.2, 0) is 0 Å². The van der Waals surface area contributed by atoms with Crippen LogP contribution in [0, 0.1) is 11.3 Å². The lowest BCUT2D eigenvalue weighted by Crippen LogP contribution is -2.29. The molecule has 4 nitrogen and oxygen atoms in total. The fourth-order valence-corrected chi connectivity index (χ4v) is 1.94. The Labute approximate surface area is 112 Å². The minimum atomic E-state index is -2.28. The number of aromatic nitrogens is 1. The number of pyridine rings is 1. The van der Waals surface area contributed by atoms with Gasteiger partial charge in [-0.05, 0) is 18.9 Å². The topological polar surface area (TPSA) is 66.0 Å². The van der Waals surface area contributed by atoms with Crippen molar-refractivity contribution in [3.05, 3.63) is 17.8 Å². The van der Waals surface area contributed by atoms with Crippen molar-refractivity contribution in [1.29, 1.82) is 5.41 Å². The van der Waals surface area contributed by atoms with Crippen LogP contribution in [0.3, 0.4) is 0 Å². The highest BCUT2D eigenvalue weighted by molar-refractivity contribution is 5.84. The molecule has 1 heterocycles. The van der Waals surface area contributed by atoms with Crippen molar-refractivity contribution in [2.45, 2.75) is 26.7 Å². The fraction of sp³-hybridized carbons (Fsp3) is 0.538. The molecular formula is C13H20F2N4. The van der Waals surface area contributed by atoms with Crippen LogP contribution in [-0.4, -0.2) is 30.7 Å². The summed E-state index contributed by atoms with van der Waals surface area (Å²) in [6.07, 6.45) is 0.356. The van der Waals surface area contributed by atoms with Crippen molar-refractivity contribution < 1.29 is 8.78 Å². The molecule has 0 saturated heterocycles. The van der Waals surface area contributed by atoms with Crippen molar-refractivity contribution in [2.24, 2.45) is 5.92 Å². The number of nitrogen functional groups attached to an aromatic ring is 1. The molecule has 0 aliphatic carbocycles. The molecule has 1 rings (SSSR count). The lowest BCUT2D eigenvalue weighted by Gasteiger charge is -2.26. The molecule has 0 radical (unpaired) electrons. The first-order valence-electron chi connectivity index (χ1n) is 6.27. The second kappa shape index (κ2) is 7.01. The predicted octanol–water partition coefficient (Wildman–Crippen LogP) is 2.78. The minimum absolute atomic E-state index is 0.110. The van der Waals surface area contributed by atoms with Crippen molar-refractivity contribution in [3.63, 3.8) is 0 Å². The predicted molar refractivity (Wildman–Crippen MR) is 74.2 cm³/mol. The third-order valence-corrected chi connectivity index (χ3v) is 2.95. The van der Waals surface area contributed by atoms with E-state index >= 15 is 0 Å². The normalized spacial score (nSPS) is 12.5. The smallest absolute Gasteiger partial charge is 0.239 e.